The van der Waals surface area contributed by atoms with Crippen LogP contribution in [0.2, 0.25) is 0 Å². The van der Waals surface area contributed by atoms with Crippen LogP contribution >= 0.6 is 0 Å². The van der Waals surface area contributed by atoms with Gasteiger partial charge in [0.1, 0.15) is 17.1 Å². The Balaban J connectivity index is 1.63. The fourth-order valence-corrected chi connectivity index (χ4v) is 3.09. The quantitative estimate of drug-likeness (QED) is 0.256. The molecule has 1 heterocycles. The van der Waals surface area contributed by atoms with Crippen LogP contribution in [-0.2, 0) is 0 Å². The highest BCUT2D eigenvalue weighted by atomic mass is 19.3. The van der Waals surface area contributed by atoms with Crippen molar-refractivity contribution < 1.29 is 22.4 Å². The number of rotatable bonds is 4. The van der Waals surface area contributed by atoms with E-state index in [9.17, 15) is 8.63 Å². The molecule has 6 heteroatoms. The number of ketones is 1. The SMILES string of the molecule is COc1ccc(/C=C/C=C/C2=[O+][B-](F)(F)Oc3c2ccc2ccccc32)cc1. The molecule has 3 aromatic carbocycles. The average Bonchev–Trinajstić information content (AvgIpc) is 2.70. The number of fused-ring (bicyclic) bond motifs is 3. The Kier molecular flexibility index (Phi) is 4.69. The Hall–Kier alpha value is -3.41. The summed E-state index contributed by atoms with van der Waals surface area (Å²) in [6, 6.07) is 18.4. The Morgan fingerprint density at radius 1 is 0.929 bits per heavy atom. The van der Waals surface area contributed by atoms with Gasteiger partial charge in [-0.25, -0.2) is 0 Å². The van der Waals surface area contributed by atoms with Gasteiger partial charge >= 0.3 is 7.11 Å². The third kappa shape index (κ3) is 3.67. The first-order valence-corrected chi connectivity index (χ1v) is 8.82. The molecule has 0 fully saturated rings. The molecular weight excluding hydrogens is 361 g/mol. The molecule has 0 aromatic heterocycles. The van der Waals surface area contributed by atoms with Crippen molar-refractivity contribution in [2.45, 2.75) is 0 Å². The summed E-state index contributed by atoms with van der Waals surface area (Å²) in [6.07, 6.45) is 6.81. The van der Waals surface area contributed by atoms with Crippen LogP contribution in [0.1, 0.15) is 15.5 Å². The molecule has 28 heavy (non-hydrogen) atoms. The number of ether oxygens (including phenoxy) is 1. The second-order valence-corrected chi connectivity index (χ2v) is 6.29. The number of benzene rings is 3. The van der Waals surface area contributed by atoms with Gasteiger partial charge in [0.25, 0.3) is 5.78 Å². The Labute approximate surface area is 161 Å². The van der Waals surface area contributed by atoms with E-state index in [4.69, 9.17) is 13.7 Å². The molecule has 0 N–H and O–H groups in total. The lowest BCUT2D eigenvalue weighted by atomic mass is 9.98. The van der Waals surface area contributed by atoms with Crippen LogP contribution in [0.5, 0.6) is 11.5 Å². The fraction of sp³-hybridized carbons (Fsp3) is 0.0455. The topological polar surface area (TPSA) is 29.8 Å². The summed E-state index contributed by atoms with van der Waals surface area (Å²) < 4.78 is 42.9. The van der Waals surface area contributed by atoms with Crippen LogP contribution in [0, 0.1) is 0 Å². The summed E-state index contributed by atoms with van der Waals surface area (Å²) in [4.78, 5) is 0. The van der Waals surface area contributed by atoms with Crippen molar-refractivity contribution in [1.82, 2.24) is 0 Å². The van der Waals surface area contributed by atoms with Crippen LogP contribution in [0.25, 0.3) is 16.8 Å². The minimum Gasteiger partial charge on any atom is -0.568 e. The highest BCUT2D eigenvalue weighted by Crippen LogP contribution is 2.36. The fourth-order valence-electron chi connectivity index (χ4n) is 3.09. The molecule has 0 atom stereocenters. The van der Waals surface area contributed by atoms with Gasteiger partial charge in [-0.1, -0.05) is 60.7 Å². The van der Waals surface area contributed by atoms with Gasteiger partial charge in [-0.3, -0.25) is 0 Å². The molecule has 140 valence electrons. The summed E-state index contributed by atoms with van der Waals surface area (Å²) in [7, 11) is -2.82. The number of carbonyl (C=O) groups excluding carboxylic acids is 1. The lowest BCUT2D eigenvalue weighted by molar-refractivity contribution is -0.180. The van der Waals surface area contributed by atoms with Gasteiger partial charge < -0.3 is 22.4 Å². The van der Waals surface area contributed by atoms with Crippen LogP contribution in [0.3, 0.4) is 0 Å². The van der Waals surface area contributed by atoms with Gasteiger partial charge in [-0.15, -0.1) is 0 Å². The van der Waals surface area contributed by atoms with Crippen molar-refractivity contribution in [2.75, 3.05) is 7.11 Å². The first-order chi connectivity index (χ1) is 13.6. The van der Waals surface area contributed by atoms with E-state index in [-0.39, 0.29) is 11.5 Å². The van der Waals surface area contributed by atoms with E-state index in [2.05, 4.69) is 0 Å². The summed E-state index contributed by atoms with van der Waals surface area (Å²) in [5.74, 6) is 0.997. The molecule has 3 aromatic rings. The third-order valence-corrected chi connectivity index (χ3v) is 4.43. The second kappa shape index (κ2) is 7.31. The number of halogens is 2. The maximum absolute atomic E-state index is 14.0. The maximum atomic E-state index is 14.0. The zero-order valence-corrected chi connectivity index (χ0v) is 15.1. The smallest absolute Gasteiger partial charge is 0.568 e. The molecule has 0 saturated heterocycles. The highest BCUT2D eigenvalue weighted by Gasteiger charge is 2.53. The van der Waals surface area contributed by atoms with E-state index in [1.165, 1.54) is 6.08 Å². The van der Waals surface area contributed by atoms with Crippen molar-refractivity contribution in [3.8, 4) is 11.5 Å². The van der Waals surface area contributed by atoms with Crippen molar-refractivity contribution >= 4 is 29.7 Å². The van der Waals surface area contributed by atoms with E-state index in [1.807, 2.05) is 48.5 Å². The first kappa shape index (κ1) is 18.0. The van der Waals surface area contributed by atoms with E-state index in [0.717, 1.165) is 16.7 Å². The normalized spacial score (nSPS) is 15.5. The highest BCUT2D eigenvalue weighted by molar-refractivity contribution is 6.52. The van der Waals surface area contributed by atoms with E-state index in [0.29, 0.717) is 10.9 Å². The van der Waals surface area contributed by atoms with Gasteiger partial charge in [-0.05, 0) is 29.1 Å². The molecule has 3 nitrogen and oxygen atoms in total. The largest absolute Gasteiger partial charge is 0.995 e. The van der Waals surface area contributed by atoms with Gasteiger partial charge in [0.05, 0.1) is 7.11 Å². The van der Waals surface area contributed by atoms with Crippen molar-refractivity contribution in [3.05, 3.63) is 90.0 Å². The van der Waals surface area contributed by atoms with Crippen molar-refractivity contribution in [2.24, 2.45) is 0 Å². The van der Waals surface area contributed by atoms with Crippen molar-refractivity contribution in [1.29, 1.82) is 0 Å². The molecule has 0 radical (unpaired) electrons. The summed E-state index contributed by atoms with van der Waals surface area (Å²) >= 11 is 0. The van der Waals surface area contributed by atoms with E-state index < -0.39 is 7.11 Å². The molecule has 4 rings (SSSR count). The van der Waals surface area contributed by atoms with Gasteiger partial charge in [0.2, 0.25) is 0 Å². The maximum Gasteiger partial charge on any atom is 0.995 e. The van der Waals surface area contributed by atoms with E-state index in [1.54, 1.807) is 37.5 Å². The Morgan fingerprint density at radius 3 is 2.46 bits per heavy atom. The molecule has 0 bridgehead atoms. The zero-order valence-electron chi connectivity index (χ0n) is 15.1. The summed E-state index contributed by atoms with van der Waals surface area (Å²) in [5, 5.41) is 1.46. The monoisotopic (exact) mass is 378 g/mol. The molecule has 0 amide bonds. The molecule has 1 aliphatic rings. The van der Waals surface area contributed by atoms with Gasteiger partial charge in [0.15, 0.2) is 0 Å². The number of allylic oxidation sites excluding steroid dienone is 3. The summed E-state index contributed by atoms with van der Waals surface area (Å²) in [5.41, 5.74) is 1.46. The predicted octanol–water partition coefficient (Wildman–Crippen LogP) is 5.60. The molecule has 1 aliphatic heterocycles. The molecule has 0 unspecified atom stereocenters. The molecule has 0 aliphatic carbocycles. The van der Waals surface area contributed by atoms with Crippen LogP contribution in [-0.4, -0.2) is 20.0 Å². The van der Waals surface area contributed by atoms with Crippen molar-refractivity contribution in [3.63, 3.8) is 0 Å². The predicted molar refractivity (Wildman–Crippen MR) is 108 cm³/mol. The number of hydrogen-bond donors (Lipinski definition) is 0. The lowest BCUT2D eigenvalue weighted by Gasteiger charge is -2.21. The minimum atomic E-state index is -4.43. The molecule has 0 spiro atoms. The van der Waals surface area contributed by atoms with Gasteiger partial charge in [0, 0.05) is 11.5 Å². The minimum absolute atomic E-state index is 0.0800. The van der Waals surface area contributed by atoms with E-state index >= 15 is 0 Å². The third-order valence-electron chi connectivity index (χ3n) is 4.43. The zero-order chi connectivity index (χ0) is 19.6. The van der Waals surface area contributed by atoms with Crippen LogP contribution < -0.4 is 9.39 Å². The Bertz CT molecular complexity index is 1100. The molecule has 0 saturated carbocycles. The van der Waals surface area contributed by atoms with Crippen LogP contribution in [0.15, 0.2) is 78.9 Å². The summed E-state index contributed by atoms with van der Waals surface area (Å²) in [6.45, 7) is 0. The standard InChI is InChI=1S/C22H17BF2O3/c1-26-18-13-10-16(11-14-18)6-2-5-9-21-20-15-12-17-7-3-4-8-19(17)22(20)28-23(24,25)27-21/h2-15H,1H3/b6-2+,9-5+. The number of methoxy groups -OCH3 is 1. The lowest BCUT2D eigenvalue weighted by Crippen LogP contribution is -2.35. The molecular formula is C22H17BF2O3. The van der Waals surface area contributed by atoms with Crippen LogP contribution in [0.4, 0.5) is 8.63 Å². The number of hydrogen-bond acceptors (Lipinski definition) is 2. The van der Waals surface area contributed by atoms with Gasteiger partial charge in [-0.2, -0.15) is 0 Å². The Morgan fingerprint density at radius 2 is 1.68 bits per heavy atom. The average molecular weight is 378 g/mol. The second-order valence-electron chi connectivity index (χ2n) is 6.29. The first-order valence-electron chi connectivity index (χ1n) is 8.82.